The largest absolute Gasteiger partial charge is 0.338 e. The van der Waals surface area contributed by atoms with Gasteiger partial charge in [-0.1, -0.05) is 11.6 Å². The van der Waals surface area contributed by atoms with Gasteiger partial charge in [0, 0.05) is 13.1 Å². The summed E-state index contributed by atoms with van der Waals surface area (Å²) in [5.41, 5.74) is 1.26. The van der Waals surface area contributed by atoms with E-state index in [4.69, 9.17) is 0 Å². The number of likely N-dealkylation sites (tertiary alicyclic amines) is 1. The molecule has 0 aromatic carbocycles. The number of nitrogens with zero attached hydrogens (tertiary/aromatic N) is 1. The Bertz CT molecular complexity index is 219. The zero-order valence-corrected chi connectivity index (χ0v) is 8.63. The van der Waals surface area contributed by atoms with Crippen molar-refractivity contribution in [3.8, 4) is 0 Å². The van der Waals surface area contributed by atoms with Gasteiger partial charge in [0.05, 0.1) is 6.04 Å². The number of hydrogen-bond donors (Lipinski definition) is 1. The molecule has 1 saturated heterocycles. The molecular weight excluding hydrogens is 164 g/mol. The van der Waals surface area contributed by atoms with Crippen LogP contribution < -0.4 is 5.32 Å². The Morgan fingerprint density at radius 2 is 2.38 bits per heavy atom. The first-order valence-electron chi connectivity index (χ1n) is 4.74. The second-order valence-electron chi connectivity index (χ2n) is 3.70. The van der Waals surface area contributed by atoms with Crippen LogP contribution in [0.5, 0.6) is 0 Å². The van der Waals surface area contributed by atoms with Gasteiger partial charge < -0.3 is 10.2 Å². The Kier molecular flexibility index (Phi) is 3.48. The molecule has 3 nitrogen and oxygen atoms in total. The van der Waals surface area contributed by atoms with Crippen LogP contribution in [0.25, 0.3) is 0 Å². The van der Waals surface area contributed by atoms with Crippen molar-refractivity contribution in [2.45, 2.75) is 26.3 Å². The van der Waals surface area contributed by atoms with E-state index >= 15 is 0 Å². The first-order chi connectivity index (χ1) is 6.15. The SMILES string of the molecule is CNC1CCN(CC=C(C)C)C1=O. The molecule has 0 aromatic rings. The molecule has 1 aliphatic heterocycles. The third kappa shape index (κ3) is 2.56. The fourth-order valence-corrected chi connectivity index (χ4v) is 1.48. The van der Waals surface area contributed by atoms with E-state index in [0.717, 1.165) is 19.5 Å². The van der Waals surface area contributed by atoms with Gasteiger partial charge in [0.2, 0.25) is 5.91 Å². The summed E-state index contributed by atoms with van der Waals surface area (Å²) in [4.78, 5) is 13.5. The molecule has 0 spiro atoms. The lowest BCUT2D eigenvalue weighted by Gasteiger charge is -2.14. The Morgan fingerprint density at radius 3 is 2.85 bits per heavy atom. The average molecular weight is 182 g/mol. The number of hydrogen-bond acceptors (Lipinski definition) is 2. The Balaban J connectivity index is 2.46. The molecule has 1 unspecified atom stereocenters. The summed E-state index contributed by atoms with van der Waals surface area (Å²) in [6.45, 7) is 5.75. The van der Waals surface area contributed by atoms with E-state index in [9.17, 15) is 4.79 Å². The minimum Gasteiger partial charge on any atom is -0.338 e. The second-order valence-corrected chi connectivity index (χ2v) is 3.70. The molecule has 1 heterocycles. The Morgan fingerprint density at radius 1 is 1.69 bits per heavy atom. The lowest BCUT2D eigenvalue weighted by molar-refractivity contribution is -0.128. The zero-order valence-electron chi connectivity index (χ0n) is 8.63. The van der Waals surface area contributed by atoms with Gasteiger partial charge in [-0.2, -0.15) is 0 Å². The van der Waals surface area contributed by atoms with Crippen LogP contribution in [-0.4, -0.2) is 37.0 Å². The number of likely N-dealkylation sites (N-methyl/N-ethyl adjacent to an activating group) is 1. The Labute approximate surface area is 79.8 Å². The van der Waals surface area contributed by atoms with Crippen molar-refractivity contribution in [2.24, 2.45) is 0 Å². The molecule has 1 N–H and O–H groups in total. The number of nitrogens with one attached hydrogen (secondary N) is 1. The van der Waals surface area contributed by atoms with Crippen LogP contribution in [0.4, 0.5) is 0 Å². The molecule has 1 atom stereocenters. The van der Waals surface area contributed by atoms with E-state index in [2.05, 4.69) is 25.2 Å². The van der Waals surface area contributed by atoms with Crippen molar-refractivity contribution < 1.29 is 4.79 Å². The van der Waals surface area contributed by atoms with E-state index in [-0.39, 0.29) is 11.9 Å². The molecule has 74 valence electrons. The lowest BCUT2D eigenvalue weighted by atomic mass is 10.2. The molecule has 1 aliphatic rings. The minimum atomic E-state index is 0.0468. The molecule has 1 amide bonds. The summed E-state index contributed by atoms with van der Waals surface area (Å²) in [5.74, 6) is 0.236. The van der Waals surface area contributed by atoms with Crippen LogP contribution >= 0.6 is 0 Å². The van der Waals surface area contributed by atoms with Gasteiger partial charge in [-0.15, -0.1) is 0 Å². The fourth-order valence-electron chi connectivity index (χ4n) is 1.48. The highest BCUT2D eigenvalue weighted by molar-refractivity contribution is 5.84. The monoisotopic (exact) mass is 182 g/mol. The van der Waals surface area contributed by atoms with E-state index in [1.165, 1.54) is 5.57 Å². The van der Waals surface area contributed by atoms with Crippen LogP contribution in [0.15, 0.2) is 11.6 Å². The third-order valence-electron chi connectivity index (χ3n) is 2.37. The average Bonchev–Trinajstić information content (AvgIpc) is 2.43. The van der Waals surface area contributed by atoms with Crippen molar-refractivity contribution in [2.75, 3.05) is 20.1 Å². The van der Waals surface area contributed by atoms with Gasteiger partial charge in [0.15, 0.2) is 0 Å². The summed E-state index contributed by atoms with van der Waals surface area (Å²) in [6, 6.07) is 0.0468. The molecule has 0 aliphatic carbocycles. The predicted octanol–water partition coefficient (Wildman–Crippen LogP) is 0.773. The van der Waals surface area contributed by atoms with Crippen molar-refractivity contribution >= 4 is 5.91 Å². The van der Waals surface area contributed by atoms with E-state index < -0.39 is 0 Å². The van der Waals surface area contributed by atoms with E-state index in [1.807, 2.05) is 11.9 Å². The van der Waals surface area contributed by atoms with Crippen LogP contribution in [0, 0.1) is 0 Å². The highest BCUT2D eigenvalue weighted by Gasteiger charge is 2.28. The number of rotatable bonds is 3. The molecule has 0 radical (unpaired) electrons. The minimum absolute atomic E-state index is 0.0468. The van der Waals surface area contributed by atoms with Gasteiger partial charge >= 0.3 is 0 Å². The zero-order chi connectivity index (χ0) is 9.84. The maximum atomic E-state index is 11.6. The van der Waals surface area contributed by atoms with Crippen molar-refractivity contribution in [1.82, 2.24) is 10.2 Å². The molecule has 0 aromatic heterocycles. The highest BCUT2D eigenvalue weighted by atomic mass is 16.2. The normalized spacial score (nSPS) is 22.2. The highest BCUT2D eigenvalue weighted by Crippen LogP contribution is 2.10. The smallest absolute Gasteiger partial charge is 0.240 e. The maximum absolute atomic E-state index is 11.6. The third-order valence-corrected chi connectivity index (χ3v) is 2.37. The Hall–Kier alpha value is -0.830. The summed E-state index contributed by atoms with van der Waals surface area (Å²) in [5, 5.41) is 3.02. The molecule has 13 heavy (non-hydrogen) atoms. The van der Waals surface area contributed by atoms with Crippen LogP contribution in [0.2, 0.25) is 0 Å². The van der Waals surface area contributed by atoms with E-state index in [0.29, 0.717) is 0 Å². The first kappa shape index (κ1) is 10.3. The maximum Gasteiger partial charge on any atom is 0.240 e. The standard InChI is InChI=1S/C10H18N2O/c1-8(2)4-6-12-7-5-9(11-3)10(12)13/h4,9,11H,5-7H2,1-3H3. The molecule has 0 saturated carbocycles. The van der Waals surface area contributed by atoms with Gasteiger partial charge in [0.25, 0.3) is 0 Å². The second kappa shape index (κ2) is 4.42. The molecule has 0 bridgehead atoms. The van der Waals surface area contributed by atoms with Crippen LogP contribution in [0.1, 0.15) is 20.3 Å². The quantitative estimate of drug-likeness (QED) is 0.654. The molecule has 1 rings (SSSR count). The summed E-state index contributed by atoms with van der Waals surface area (Å²) < 4.78 is 0. The fraction of sp³-hybridized carbons (Fsp3) is 0.700. The lowest BCUT2D eigenvalue weighted by Crippen LogP contribution is -2.36. The van der Waals surface area contributed by atoms with Gasteiger partial charge in [-0.3, -0.25) is 4.79 Å². The van der Waals surface area contributed by atoms with Crippen LogP contribution in [-0.2, 0) is 4.79 Å². The summed E-state index contributed by atoms with van der Waals surface area (Å²) in [6.07, 6.45) is 3.03. The van der Waals surface area contributed by atoms with Gasteiger partial charge in [-0.25, -0.2) is 0 Å². The summed E-state index contributed by atoms with van der Waals surface area (Å²) in [7, 11) is 1.84. The molecule has 3 heteroatoms. The predicted molar refractivity (Wildman–Crippen MR) is 53.5 cm³/mol. The summed E-state index contributed by atoms with van der Waals surface area (Å²) >= 11 is 0. The first-order valence-corrected chi connectivity index (χ1v) is 4.74. The number of allylic oxidation sites excluding steroid dienone is 1. The van der Waals surface area contributed by atoms with Crippen molar-refractivity contribution in [3.63, 3.8) is 0 Å². The molecule has 1 fully saturated rings. The number of carbonyl (C=O) groups is 1. The van der Waals surface area contributed by atoms with E-state index in [1.54, 1.807) is 0 Å². The van der Waals surface area contributed by atoms with Crippen molar-refractivity contribution in [3.05, 3.63) is 11.6 Å². The topological polar surface area (TPSA) is 32.3 Å². The van der Waals surface area contributed by atoms with Crippen LogP contribution in [0.3, 0.4) is 0 Å². The number of amides is 1. The van der Waals surface area contributed by atoms with Crippen molar-refractivity contribution in [1.29, 1.82) is 0 Å². The van der Waals surface area contributed by atoms with Gasteiger partial charge in [0.1, 0.15) is 0 Å². The van der Waals surface area contributed by atoms with Gasteiger partial charge in [-0.05, 0) is 27.3 Å². The number of carbonyl (C=O) groups excluding carboxylic acids is 1. The molecular formula is C10H18N2O.